The van der Waals surface area contributed by atoms with Crippen LogP contribution in [-0.2, 0) is 12.7 Å². The van der Waals surface area contributed by atoms with Gasteiger partial charge < -0.3 is 4.85 Å². The van der Waals surface area contributed by atoms with Gasteiger partial charge in [-0.2, -0.15) is 23.7 Å². The summed E-state index contributed by atoms with van der Waals surface area (Å²) in [6, 6.07) is 2.06. The van der Waals surface area contributed by atoms with E-state index in [1.165, 1.54) is 0 Å². The lowest BCUT2D eigenvalue weighted by molar-refractivity contribution is -0.138. The normalized spacial score (nSPS) is 10.4. The number of alkyl halides is 3. The summed E-state index contributed by atoms with van der Waals surface area (Å²) < 4.78 is 65.2. The van der Waals surface area contributed by atoms with E-state index in [1.807, 2.05) is 0 Å². The molecule has 1 rings (SSSR count). The fraction of sp³-hybridized carbons (Fsp3) is 0.182. The summed E-state index contributed by atoms with van der Waals surface area (Å²) in [5.41, 5.74) is -5.68. The monoisotopic (exact) mass is 271 g/mol. The minimum Gasteiger partial charge on any atom is -0.312 e. The van der Waals surface area contributed by atoms with Crippen molar-refractivity contribution >= 4 is 0 Å². The lowest BCUT2D eigenvalue weighted by atomic mass is 9.95. The van der Waals surface area contributed by atoms with Crippen LogP contribution in [0.25, 0.3) is 4.85 Å². The molecular weight excluding hydrogens is 269 g/mol. The first kappa shape index (κ1) is 14.4. The van der Waals surface area contributed by atoms with Crippen molar-refractivity contribution in [1.82, 2.24) is 0 Å². The molecule has 0 spiro atoms. The van der Waals surface area contributed by atoms with E-state index in [2.05, 4.69) is 4.85 Å². The first-order chi connectivity index (χ1) is 8.79. The lowest BCUT2D eigenvalue weighted by Gasteiger charge is -2.14. The van der Waals surface area contributed by atoms with Crippen molar-refractivity contribution in [3.63, 3.8) is 0 Å². The molecule has 19 heavy (non-hydrogen) atoms. The van der Waals surface area contributed by atoms with Crippen molar-refractivity contribution in [2.45, 2.75) is 12.7 Å². The van der Waals surface area contributed by atoms with Gasteiger partial charge >= 0.3 is 6.18 Å². The minimum atomic E-state index is -5.18. The maximum Gasteiger partial charge on any atom is 0.418 e. The Hall–Kier alpha value is -2.66. The standard InChI is InChI=1S/C11H2F5N3/c1-19-4-7-8(11(14,15)16)5(2-17)6(3-18)9(12)10(7)13/h4H2. The third kappa shape index (κ3) is 2.31. The van der Waals surface area contributed by atoms with Crippen molar-refractivity contribution in [2.75, 3.05) is 0 Å². The Kier molecular flexibility index (Phi) is 3.72. The molecule has 8 heteroatoms. The topological polar surface area (TPSA) is 51.9 Å². The van der Waals surface area contributed by atoms with E-state index in [1.54, 1.807) is 0 Å². The Morgan fingerprint density at radius 2 is 1.58 bits per heavy atom. The van der Waals surface area contributed by atoms with E-state index in [0.717, 1.165) is 12.1 Å². The van der Waals surface area contributed by atoms with Crippen molar-refractivity contribution in [2.24, 2.45) is 0 Å². The van der Waals surface area contributed by atoms with E-state index in [4.69, 9.17) is 17.1 Å². The Morgan fingerprint density at radius 1 is 1.05 bits per heavy atom. The van der Waals surface area contributed by atoms with Crippen LogP contribution in [0.2, 0.25) is 0 Å². The average molecular weight is 271 g/mol. The largest absolute Gasteiger partial charge is 0.418 e. The highest BCUT2D eigenvalue weighted by molar-refractivity contribution is 5.56. The summed E-state index contributed by atoms with van der Waals surface area (Å²) in [6.07, 6.45) is -5.18. The second-order valence-electron chi connectivity index (χ2n) is 3.27. The molecule has 0 amide bonds. The Morgan fingerprint density at radius 3 is 1.95 bits per heavy atom. The molecule has 0 saturated carbocycles. The van der Waals surface area contributed by atoms with E-state index in [-0.39, 0.29) is 0 Å². The molecule has 0 bridgehead atoms. The molecule has 0 N–H and O–H groups in total. The molecule has 0 radical (unpaired) electrons. The van der Waals surface area contributed by atoms with Crippen LogP contribution in [0.3, 0.4) is 0 Å². The first-order valence-electron chi connectivity index (χ1n) is 4.54. The number of halogens is 5. The molecule has 0 heterocycles. The summed E-state index contributed by atoms with van der Waals surface area (Å²) in [5, 5.41) is 17.2. The van der Waals surface area contributed by atoms with Crippen LogP contribution in [0.5, 0.6) is 0 Å². The predicted octanol–water partition coefficient (Wildman–Crippen LogP) is 3.15. The van der Waals surface area contributed by atoms with Gasteiger partial charge in [0.1, 0.15) is 17.7 Å². The quantitative estimate of drug-likeness (QED) is 0.582. The zero-order valence-corrected chi connectivity index (χ0v) is 8.94. The van der Waals surface area contributed by atoms with Crippen LogP contribution in [0.1, 0.15) is 22.3 Å². The Balaban J connectivity index is 3.97. The highest BCUT2D eigenvalue weighted by Gasteiger charge is 2.41. The van der Waals surface area contributed by atoms with Crippen molar-refractivity contribution in [3.8, 4) is 12.1 Å². The minimum absolute atomic E-state index is 1.02. The highest BCUT2D eigenvalue weighted by atomic mass is 19.4. The van der Waals surface area contributed by atoms with Crippen molar-refractivity contribution in [1.29, 1.82) is 10.5 Å². The zero-order chi connectivity index (χ0) is 14.8. The number of benzene rings is 1. The molecule has 0 unspecified atom stereocenters. The van der Waals surface area contributed by atoms with Gasteiger partial charge in [-0.3, -0.25) is 0 Å². The average Bonchev–Trinajstić information content (AvgIpc) is 2.33. The summed E-state index contributed by atoms with van der Waals surface area (Å²) >= 11 is 0. The van der Waals surface area contributed by atoms with E-state index in [9.17, 15) is 22.0 Å². The van der Waals surface area contributed by atoms with Crippen LogP contribution in [-0.4, -0.2) is 0 Å². The fourth-order valence-corrected chi connectivity index (χ4v) is 1.49. The third-order valence-corrected chi connectivity index (χ3v) is 2.22. The van der Waals surface area contributed by atoms with Crippen molar-refractivity contribution < 1.29 is 22.0 Å². The molecule has 1 aromatic rings. The van der Waals surface area contributed by atoms with Gasteiger partial charge in [0.2, 0.25) is 6.54 Å². The van der Waals surface area contributed by atoms with Crippen LogP contribution >= 0.6 is 0 Å². The predicted molar refractivity (Wildman–Crippen MR) is 51.1 cm³/mol. The molecule has 0 fully saturated rings. The Bertz CT molecular complexity index is 656. The summed E-state index contributed by atoms with van der Waals surface area (Å²) in [4.78, 5) is 2.56. The molecule has 96 valence electrons. The molecule has 0 atom stereocenters. The first-order valence-corrected chi connectivity index (χ1v) is 4.54. The number of hydrogen-bond donors (Lipinski definition) is 0. The molecule has 0 aromatic heterocycles. The summed E-state index contributed by atoms with van der Waals surface area (Å²) in [5.74, 6) is -3.79. The molecular formula is C11H2F5N3. The second kappa shape index (κ2) is 4.91. The van der Waals surface area contributed by atoms with Gasteiger partial charge in [-0.25, -0.2) is 15.4 Å². The SMILES string of the molecule is [C-]#[N+]Cc1c(F)c(F)c(C#N)c(C#N)c1C(F)(F)F. The number of hydrogen-bond acceptors (Lipinski definition) is 2. The van der Waals surface area contributed by atoms with E-state index >= 15 is 0 Å². The van der Waals surface area contributed by atoms with Gasteiger partial charge in [0, 0.05) is 0 Å². The van der Waals surface area contributed by atoms with Crippen molar-refractivity contribution in [3.05, 3.63) is 45.3 Å². The number of nitriles is 2. The Labute approximate surface area is 103 Å². The van der Waals surface area contributed by atoms with Gasteiger partial charge in [-0.05, 0) is 0 Å². The lowest BCUT2D eigenvalue weighted by Crippen LogP contribution is -2.16. The number of nitrogens with zero attached hydrogens (tertiary/aromatic N) is 3. The fourth-order valence-electron chi connectivity index (χ4n) is 1.49. The van der Waals surface area contributed by atoms with Crippen LogP contribution in [0.15, 0.2) is 0 Å². The van der Waals surface area contributed by atoms with Gasteiger partial charge in [-0.1, -0.05) is 0 Å². The van der Waals surface area contributed by atoms with Crippen LogP contribution in [0, 0.1) is 40.9 Å². The zero-order valence-electron chi connectivity index (χ0n) is 8.94. The second-order valence-corrected chi connectivity index (χ2v) is 3.27. The van der Waals surface area contributed by atoms with Gasteiger partial charge in [0.05, 0.1) is 16.7 Å². The van der Waals surface area contributed by atoms with Crippen LogP contribution < -0.4 is 0 Å². The highest BCUT2D eigenvalue weighted by Crippen LogP contribution is 2.38. The number of rotatable bonds is 1. The molecule has 0 aliphatic carbocycles. The van der Waals surface area contributed by atoms with Gasteiger partial charge in [-0.15, -0.1) is 0 Å². The maximum atomic E-state index is 13.5. The molecule has 0 aliphatic rings. The summed E-state index contributed by atoms with van der Waals surface area (Å²) in [6.45, 7) is 5.37. The maximum absolute atomic E-state index is 13.5. The molecule has 0 aliphatic heterocycles. The molecule has 0 saturated heterocycles. The third-order valence-electron chi connectivity index (χ3n) is 2.22. The van der Waals surface area contributed by atoms with E-state index in [0.29, 0.717) is 0 Å². The smallest absolute Gasteiger partial charge is 0.312 e. The van der Waals surface area contributed by atoms with Crippen LogP contribution in [0.4, 0.5) is 22.0 Å². The molecule has 3 nitrogen and oxygen atoms in total. The summed E-state index contributed by atoms with van der Waals surface area (Å²) in [7, 11) is 0. The van der Waals surface area contributed by atoms with Gasteiger partial charge in [0.25, 0.3) is 0 Å². The van der Waals surface area contributed by atoms with E-state index < -0.39 is 46.6 Å². The molecule has 1 aromatic carbocycles. The van der Waals surface area contributed by atoms with Gasteiger partial charge in [0.15, 0.2) is 11.6 Å².